The molecule has 6 heteroatoms. The quantitative estimate of drug-likeness (QED) is 0.840. The molecule has 106 valence electrons. The molecule has 0 unspecified atom stereocenters. The summed E-state index contributed by atoms with van der Waals surface area (Å²) in [6, 6.07) is 1.75. The Morgan fingerprint density at radius 2 is 2.16 bits per heavy atom. The standard InChI is InChI=1S/C13H20ClN3O2/c1-8(2)11(17(3)4)7-16-12-10(14)5-9(6-15-12)13(18)19/h5-6,8,11H,7H2,1-4H3,(H,15,16)(H,18,19)/t11-/m1/s1. The van der Waals surface area contributed by atoms with E-state index in [1.165, 1.54) is 12.3 Å². The average molecular weight is 286 g/mol. The normalized spacial score (nSPS) is 12.8. The van der Waals surface area contributed by atoms with Crippen molar-refractivity contribution in [1.29, 1.82) is 0 Å². The number of carboxylic acids is 1. The third kappa shape index (κ3) is 4.36. The van der Waals surface area contributed by atoms with E-state index in [2.05, 4.69) is 29.0 Å². The van der Waals surface area contributed by atoms with Crippen molar-refractivity contribution >= 4 is 23.4 Å². The van der Waals surface area contributed by atoms with Gasteiger partial charge in [0, 0.05) is 18.8 Å². The fourth-order valence-corrected chi connectivity index (χ4v) is 2.13. The predicted octanol–water partition coefficient (Wildman–Crippen LogP) is 2.43. The van der Waals surface area contributed by atoms with Gasteiger partial charge in [0.05, 0.1) is 10.6 Å². The van der Waals surface area contributed by atoms with E-state index in [1.807, 2.05) is 14.1 Å². The molecule has 1 aromatic heterocycles. The van der Waals surface area contributed by atoms with E-state index < -0.39 is 5.97 Å². The van der Waals surface area contributed by atoms with Crippen LogP contribution in [0.5, 0.6) is 0 Å². The molecule has 1 aromatic rings. The van der Waals surface area contributed by atoms with Crippen molar-refractivity contribution in [2.45, 2.75) is 19.9 Å². The first-order valence-corrected chi connectivity index (χ1v) is 6.49. The molecule has 0 saturated carbocycles. The monoisotopic (exact) mass is 285 g/mol. The highest BCUT2D eigenvalue weighted by Crippen LogP contribution is 2.20. The lowest BCUT2D eigenvalue weighted by Gasteiger charge is -2.28. The van der Waals surface area contributed by atoms with Gasteiger partial charge >= 0.3 is 5.97 Å². The van der Waals surface area contributed by atoms with Crippen LogP contribution in [0.15, 0.2) is 12.3 Å². The fraction of sp³-hybridized carbons (Fsp3) is 0.538. The second-order valence-corrected chi connectivity index (χ2v) is 5.42. The summed E-state index contributed by atoms with van der Waals surface area (Å²) < 4.78 is 0. The van der Waals surface area contributed by atoms with Gasteiger partial charge in [-0.15, -0.1) is 0 Å². The largest absolute Gasteiger partial charge is 0.478 e. The lowest BCUT2D eigenvalue weighted by atomic mass is 10.0. The second-order valence-electron chi connectivity index (χ2n) is 5.02. The van der Waals surface area contributed by atoms with E-state index in [0.717, 1.165) is 0 Å². The number of nitrogens with zero attached hydrogens (tertiary/aromatic N) is 2. The molecule has 0 aliphatic rings. The molecule has 0 fully saturated rings. The summed E-state index contributed by atoms with van der Waals surface area (Å²) in [4.78, 5) is 17.0. The third-order valence-corrected chi connectivity index (χ3v) is 3.29. The molecule has 1 atom stereocenters. The summed E-state index contributed by atoms with van der Waals surface area (Å²) >= 11 is 6.01. The van der Waals surface area contributed by atoms with Gasteiger partial charge in [0.15, 0.2) is 0 Å². The Hall–Kier alpha value is -1.33. The Bertz CT molecular complexity index is 442. The van der Waals surface area contributed by atoms with E-state index in [4.69, 9.17) is 16.7 Å². The van der Waals surface area contributed by atoms with E-state index in [1.54, 1.807) is 0 Å². The number of aromatic carboxylic acids is 1. The summed E-state index contributed by atoms with van der Waals surface area (Å²) in [7, 11) is 4.05. The molecular formula is C13H20ClN3O2. The zero-order valence-corrected chi connectivity index (χ0v) is 12.4. The van der Waals surface area contributed by atoms with Gasteiger partial charge in [-0.3, -0.25) is 0 Å². The number of pyridine rings is 1. The van der Waals surface area contributed by atoms with Crippen LogP contribution in [0.3, 0.4) is 0 Å². The van der Waals surface area contributed by atoms with Crippen molar-refractivity contribution in [3.63, 3.8) is 0 Å². The Kier molecular flexibility index (Phi) is 5.57. The Morgan fingerprint density at radius 3 is 2.58 bits per heavy atom. The number of carboxylic acid groups (broad SMARTS) is 1. The number of rotatable bonds is 6. The Balaban J connectivity index is 2.75. The van der Waals surface area contributed by atoms with Crippen molar-refractivity contribution in [2.75, 3.05) is 26.0 Å². The number of nitrogens with one attached hydrogen (secondary N) is 1. The highest BCUT2D eigenvalue weighted by atomic mass is 35.5. The molecule has 19 heavy (non-hydrogen) atoms. The van der Waals surface area contributed by atoms with Crippen LogP contribution in [-0.2, 0) is 0 Å². The number of aromatic nitrogens is 1. The Labute approximate surface area is 118 Å². The van der Waals surface area contributed by atoms with Crippen LogP contribution >= 0.6 is 11.6 Å². The molecule has 0 aliphatic heterocycles. The van der Waals surface area contributed by atoms with Crippen LogP contribution in [0.2, 0.25) is 5.02 Å². The van der Waals surface area contributed by atoms with E-state index in [-0.39, 0.29) is 5.56 Å². The van der Waals surface area contributed by atoms with Gasteiger partial charge in [-0.05, 0) is 26.1 Å². The lowest BCUT2D eigenvalue weighted by Crippen LogP contribution is -2.38. The van der Waals surface area contributed by atoms with Gasteiger partial charge < -0.3 is 15.3 Å². The molecule has 0 saturated heterocycles. The highest BCUT2D eigenvalue weighted by Gasteiger charge is 2.16. The molecule has 0 amide bonds. The first-order valence-electron chi connectivity index (χ1n) is 6.12. The highest BCUT2D eigenvalue weighted by molar-refractivity contribution is 6.33. The van der Waals surface area contributed by atoms with E-state index in [9.17, 15) is 4.79 Å². The zero-order valence-electron chi connectivity index (χ0n) is 11.6. The molecule has 0 bridgehead atoms. The third-order valence-electron chi connectivity index (χ3n) is 3.00. The van der Waals surface area contributed by atoms with E-state index >= 15 is 0 Å². The molecule has 0 aromatic carbocycles. The zero-order chi connectivity index (χ0) is 14.6. The van der Waals surface area contributed by atoms with Gasteiger partial charge in [0.25, 0.3) is 0 Å². The van der Waals surface area contributed by atoms with Gasteiger partial charge in [-0.2, -0.15) is 0 Å². The van der Waals surface area contributed by atoms with Crippen LogP contribution in [-0.4, -0.2) is 47.6 Å². The number of hydrogen-bond acceptors (Lipinski definition) is 4. The van der Waals surface area contributed by atoms with Gasteiger partial charge in [-0.25, -0.2) is 9.78 Å². The smallest absolute Gasteiger partial charge is 0.337 e. The molecule has 0 radical (unpaired) electrons. The molecule has 1 heterocycles. The van der Waals surface area contributed by atoms with Gasteiger partial charge in [0.2, 0.25) is 0 Å². The summed E-state index contributed by atoms with van der Waals surface area (Å²) in [5, 5.41) is 12.3. The summed E-state index contributed by atoms with van der Waals surface area (Å²) in [6.45, 7) is 4.99. The maximum Gasteiger partial charge on any atom is 0.337 e. The van der Waals surface area contributed by atoms with Crippen molar-refractivity contribution in [2.24, 2.45) is 5.92 Å². The van der Waals surface area contributed by atoms with Crippen molar-refractivity contribution in [3.05, 3.63) is 22.8 Å². The number of hydrogen-bond donors (Lipinski definition) is 2. The van der Waals surface area contributed by atoms with Crippen LogP contribution in [0.25, 0.3) is 0 Å². The Morgan fingerprint density at radius 1 is 1.53 bits per heavy atom. The molecular weight excluding hydrogens is 266 g/mol. The first kappa shape index (κ1) is 15.7. The molecule has 0 aliphatic carbocycles. The van der Waals surface area contributed by atoms with Gasteiger partial charge in [0.1, 0.15) is 5.82 Å². The lowest BCUT2D eigenvalue weighted by molar-refractivity contribution is 0.0696. The number of carbonyl (C=O) groups is 1. The summed E-state index contributed by atoms with van der Waals surface area (Å²) in [5.41, 5.74) is 0.0866. The molecule has 0 spiro atoms. The van der Waals surface area contributed by atoms with Crippen LogP contribution in [0.1, 0.15) is 24.2 Å². The summed E-state index contributed by atoms with van der Waals surface area (Å²) in [6.07, 6.45) is 1.30. The molecule has 2 N–H and O–H groups in total. The van der Waals surface area contributed by atoms with Crippen LogP contribution in [0, 0.1) is 5.92 Å². The SMILES string of the molecule is CC(C)[C@@H](CNc1ncc(C(=O)O)cc1Cl)N(C)C. The number of likely N-dealkylation sites (N-methyl/N-ethyl adjacent to an activating group) is 1. The average Bonchev–Trinajstić information content (AvgIpc) is 2.29. The van der Waals surface area contributed by atoms with Crippen molar-refractivity contribution in [1.82, 2.24) is 9.88 Å². The number of halogens is 1. The first-order chi connectivity index (χ1) is 8.82. The van der Waals surface area contributed by atoms with E-state index in [0.29, 0.717) is 29.3 Å². The topological polar surface area (TPSA) is 65.5 Å². The maximum absolute atomic E-state index is 10.8. The predicted molar refractivity (Wildman–Crippen MR) is 77.0 cm³/mol. The minimum absolute atomic E-state index is 0.0866. The number of anilines is 1. The van der Waals surface area contributed by atoms with Crippen molar-refractivity contribution in [3.8, 4) is 0 Å². The van der Waals surface area contributed by atoms with Crippen molar-refractivity contribution < 1.29 is 9.90 Å². The van der Waals surface area contributed by atoms with Gasteiger partial charge in [-0.1, -0.05) is 25.4 Å². The maximum atomic E-state index is 10.8. The van der Waals surface area contributed by atoms with Crippen LogP contribution < -0.4 is 5.32 Å². The molecule has 5 nitrogen and oxygen atoms in total. The minimum Gasteiger partial charge on any atom is -0.478 e. The second kappa shape index (κ2) is 6.73. The summed E-state index contributed by atoms with van der Waals surface area (Å²) in [5.74, 6) is -0.0342. The van der Waals surface area contributed by atoms with Crippen LogP contribution in [0.4, 0.5) is 5.82 Å². The minimum atomic E-state index is -1.03. The molecule has 1 rings (SSSR count). The fourth-order valence-electron chi connectivity index (χ4n) is 1.90.